The van der Waals surface area contributed by atoms with Crippen molar-refractivity contribution in [1.82, 2.24) is 20.4 Å². The molecule has 2 N–H and O–H groups in total. The molecule has 2 heterocycles. The molecule has 0 fully saturated rings. The van der Waals surface area contributed by atoms with Crippen LogP contribution in [0, 0.1) is 6.92 Å². The number of rotatable bonds is 4. The van der Waals surface area contributed by atoms with Gasteiger partial charge in [0.15, 0.2) is 0 Å². The largest absolute Gasteiger partial charge is 0.421 e. The molecule has 2 aromatic heterocycles. The minimum absolute atomic E-state index is 0.0408. The summed E-state index contributed by atoms with van der Waals surface area (Å²) < 4.78 is 32.2. The van der Waals surface area contributed by atoms with Crippen LogP contribution in [-0.2, 0) is 10.0 Å². The summed E-state index contributed by atoms with van der Waals surface area (Å²) in [4.78, 5) is 0.0408. The van der Waals surface area contributed by atoms with E-state index < -0.39 is 10.0 Å². The average molecular weight is 305 g/mol. The lowest BCUT2D eigenvalue weighted by Crippen LogP contribution is -2.12. The number of aromatic amines is 1. The van der Waals surface area contributed by atoms with E-state index in [1.165, 1.54) is 12.4 Å². The highest BCUT2D eigenvalue weighted by Gasteiger charge is 2.19. The average Bonchev–Trinajstić information content (AvgIpc) is 3.10. The summed E-state index contributed by atoms with van der Waals surface area (Å²) in [6, 6.07) is 6.77. The Bertz CT molecular complexity index is 855. The van der Waals surface area contributed by atoms with Crippen LogP contribution in [0.4, 0.5) is 5.69 Å². The number of para-hydroxylation sites is 1. The second-order valence-electron chi connectivity index (χ2n) is 4.21. The van der Waals surface area contributed by atoms with Gasteiger partial charge in [0.1, 0.15) is 4.90 Å². The molecule has 0 aliphatic heterocycles. The van der Waals surface area contributed by atoms with Gasteiger partial charge in [0.25, 0.3) is 10.0 Å². The molecule has 21 heavy (non-hydrogen) atoms. The minimum atomic E-state index is -3.73. The number of nitrogens with zero attached hydrogens (tertiary/aromatic N) is 3. The topological polar surface area (TPSA) is 114 Å². The lowest BCUT2D eigenvalue weighted by Gasteiger charge is -2.09. The van der Waals surface area contributed by atoms with Crippen molar-refractivity contribution >= 4 is 15.7 Å². The van der Waals surface area contributed by atoms with Gasteiger partial charge in [-0.25, -0.2) is 8.42 Å². The van der Waals surface area contributed by atoms with E-state index >= 15 is 0 Å². The van der Waals surface area contributed by atoms with E-state index in [0.29, 0.717) is 17.1 Å². The molecule has 0 radical (unpaired) electrons. The van der Waals surface area contributed by atoms with Crippen LogP contribution < -0.4 is 4.72 Å². The van der Waals surface area contributed by atoms with Gasteiger partial charge < -0.3 is 4.42 Å². The maximum absolute atomic E-state index is 12.2. The summed E-state index contributed by atoms with van der Waals surface area (Å²) in [5, 5.41) is 13.7. The van der Waals surface area contributed by atoms with Crippen molar-refractivity contribution < 1.29 is 12.8 Å². The monoisotopic (exact) mass is 305 g/mol. The fourth-order valence-electron chi connectivity index (χ4n) is 1.75. The van der Waals surface area contributed by atoms with Crippen molar-refractivity contribution in [2.45, 2.75) is 11.8 Å². The zero-order valence-corrected chi connectivity index (χ0v) is 11.8. The zero-order valence-electron chi connectivity index (χ0n) is 10.9. The second-order valence-corrected chi connectivity index (χ2v) is 5.89. The predicted molar refractivity (Wildman–Crippen MR) is 73.9 cm³/mol. The Morgan fingerprint density at radius 3 is 2.71 bits per heavy atom. The van der Waals surface area contributed by atoms with Gasteiger partial charge in [-0.3, -0.25) is 9.82 Å². The van der Waals surface area contributed by atoms with Crippen molar-refractivity contribution in [1.29, 1.82) is 0 Å². The number of nitrogens with one attached hydrogen (secondary N) is 2. The Labute approximate surface area is 120 Å². The lowest BCUT2D eigenvalue weighted by atomic mass is 10.2. The Morgan fingerprint density at radius 2 is 2.05 bits per heavy atom. The normalized spacial score (nSPS) is 11.5. The number of hydrogen-bond donors (Lipinski definition) is 2. The van der Waals surface area contributed by atoms with Gasteiger partial charge in [0.2, 0.25) is 11.8 Å². The molecular weight excluding hydrogens is 294 g/mol. The van der Waals surface area contributed by atoms with Crippen LogP contribution >= 0.6 is 0 Å². The fraction of sp³-hybridized carbons (Fsp3) is 0.0833. The molecule has 0 aliphatic carbocycles. The van der Waals surface area contributed by atoms with E-state index in [1.807, 2.05) is 0 Å². The summed E-state index contributed by atoms with van der Waals surface area (Å²) in [6.07, 6.45) is 2.52. The van der Waals surface area contributed by atoms with Gasteiger partial charge in [-0.05, 0) is 12.1 Å². The predicted octanol–water partition coefficient (Wildman–Crippen LogP) is 1.57. The smallest absolute Gasteiger partial charge is 0.265 e. The number of aryl methyl sites for hydroxylation is 1. The maximum atomic E-state index is 12.2. The van der Waals surface area contributed by atoms with Crippen molar-refractivity contribution in [3.8, 4) is 11.5 Å². The molecule has 108 valence electrons. The third kappa shape index (κ3) is 2.63. The second kappa shape index (κ2) is 5.02. The number of benzene rings is 1. The number of sulfonamides is 1. The molecule has 1 aromatic carbocycles. The molecule has 0 saturated heterocycles. The van der Waals surface area contributed by atoms with Crippen LogP contribution in [0.1, 0.15) is 5.89 Å². The summed E-state index contributed by atoms with van der Waals surface area (Å²) in [5.74, 6) is 0.649. The van der Waals surface area contributed by atoms with Crippen LogP contribution in [0.25, 0.3) is 11.5 Å². The summed E-state index contributed by atoms with van der Waals surface area (Å²) in [5.41, 5.74) is 0.854. The summed E-state index contributed by atoms with van der Waals surface area (Å²) >= 11 is 0. The summed E-state index contributed by atoms with van der Waals surface area (Å²) in [6.45, 7) is 1.66. The van der Waals surface area contributed by atoms with E-state index in [1.54, 1.807) is 31.2 Å². The van der Waals surface area contributed by atoms with E-state index in [9.17, 15) is 8.42 Å². The molecule has 0 bridgehead atoms. The molecule has 0 spiro atoms. The highest BCUT2D eigenvalue weighted by molar-refractivity contribution is 7.92. The summed E-state index contributed by atoms with van der Waals surface area (Å²) in [7, 11) is -3.73. The lowest BCUT2D eigenvalue weighted by molar-refractivity contribution is 0.533. The van der Waals surface area contributed by atoms with Crippen LogP contribution in [0.15, 0.2) is 46.0 Å². The van der Waals surface area contributed by atoms with E-state index in [4.69, 9.17) is 4.42 Å². The van der Waals surface area contributed by atoms with Gasteiger partial charge in [-0.15, -0.1) is 10.2 Å². The number of hydrogen-bond acceptors (Lipinski definition) is 6. The minimum Gasteiger partial charge on any atom is -0.421 e. The Kier molecular flexibility index (Phi) is 3.18. The van der Waals surface area contributed by atoms with E-state index in [-0.39, 0.29) is 10.8 Å². The molecule has 0 saturated carbocycles. The van der Waals surface area contributed by atoms with Gasteiger partial charge in [0, 0.05) is 13.1 Å². The van der Waals surface area contributed by atoms with Crippen LogP contribution in [0.3, 0.4) is 0 Å². The SMILES string of the molecule is Cc1nnc(-c2ccccc2NS(=O)(=O)c2cn[nH]c2)o1. The third-order valence-electron chi connectivity index (χ3n) is 2.71. The van der Waals surface area contributed by atoms with Gasteiger partial charge in [-0.1, -0.05) is 12.1 Å². The Morgan fingerprint density at radius 1 is 1.24 bits per heavy atom. The highest BCUT2D eigenvalue weighted by Crippen LogP contribution is 2.28. The molecule has 0 aliphatic rings. The molecular formula is C12H11N5O3S. The first-order chi connectivity index (χ1) is 10.1. The van der Waals surface area contributed by atoms with Crippen LogP contribution in [0.2, 0.25) is 0 Å². The molecule has 0 unspecified atom stereocenters. The standard InChI is InChI=1S/C12H11N5O3S/c1-8-15-16-12(20-8)10-4-2-3-5-11(10)17-21(18,19)9-6-13-14-7-9/h2-7,17H,1H3,(H,13,14). The van der Waals surface area contributed by atoms with Crippen LogP contribution in [-0.4, -0.2) is 28.8 Å². The fourth-order valence-corrected chi connectivity index (χ4v) is 2.74. The number of aromatic nitrogens is 4. The molecule has 3 rings (SSSR count). The van der Waals surface area contributed by atoms with Crippen molar-refractivity contribution in [2.24, 2.45) is 0 Å². The first kappa shape index (κ1) is 13.3. The first-order valence-corrected chi connectivity index (χ1v) is 7.46. The molecule has 9 heteroatoms. The molecule has 3 aromatic rings. The van der Waals surface area contributed by atoms with Crippen molar-refractivity contribution in [2.75, 3.05) is 4.72 Å². The number of H-pyrrole nitrogens is 1. The molecule has 0 atom stereocenters. The van der Waals surface area contributed by atoms with E-state index in [2.05, 4.69) is 25.1 Å². The number of anilines is 1. The van der Waals surface area contributed by atoms with Gasteiger partial charge in [-0.2, -0.15) is 5.10 Å². The van der Waals surface area contributed by atoms with Gasteiger partial charge >= 0.3 is 0 Å². The quantitative estimate of drug-likeness (QED) is 0.756. The molecule has 0 amide bonds. The zero-order chi connectivity index (χ0) is 14.9. The highest BCUT2D eigenvalue weighted by atomic mass is 32.2. The Balaban J connectivity index is 2.01. The first-order valence-electron chi connectivity index (χ1n) is 5.97. The van der Waals surface area contributed by atoms with Crippen LogP contribution in [0.5, 0.6) is 0 Å². The van der Waals surface area contributed by atoms with Crippen molar-refractivity contribution in [3.05, 3.63) is 42.5 Å². The Hall–Kier alpha value is -2.68. The van der Waals surface area contributed by atoms with Gasteiger partial charge in [0.05, 0.1) is 17.4 Å². The third-order valence-corrected chi connectivity index (χ3v) is 4.04. The maximum Gasteiger partial charge on any atom is 0.265 e. The molecule has 8 nitrogen and oxygen atoms in total. The van der Waals surface area contributed by atoms with Crippen molar-refractivity contribution in [3.63, 3.8) is 0 Å². The van der Waals surface area contributed by atoms with E-state index in [0.717, 1.165) is 0 Å².